The number of nitrogens with zero attached hydrogens (tertiary/aromatic N) is 1. The first-order valence-corrected chi connectivity index (χ1v) is 13.7. The van der Waals surface area contributed by atoms with Gasteiger partial charge in [0.15, 0.2) is 6.10 Å². The predicted octanol–water partition coefficient (Wildman–Crippen LogP) is 5.84. The van der Waals surface area contributed by atoms with Gasteiger partial charge < -0.3 is 9.22 Å². The summed E-state index contributed by atoms with van der Waals surface area (Å²) in [5.41, 5.74) is 1.09. The Morgan fingerprint density at radius 2 is 1.73 bits per heavy atom. The average molecular weight is 467 g/mol. The van der Waals surface area contributed by atoms with Crippen LogP contribution in [0.3, 0.4) is 0 Å². The first-order chi connectivity index (χ1) is 16.1. The molecule has 4 heterocycles. The number of carbonyl (C=O) groups excluding carboxylic acids is 2. The Morgan fingerprint density at radius 1 is 0.970 bits per heavy atom. The van der Waals surface area contributed by atoms with Crippen LogP contribution >= 0.6 is 11.3 Å². The molecule has 176 valence electrons. The van der Waals surface area contributed by atoms with Crippen molar-refractivity contribution >= 4 is 23.1 Å². The number of benzene rings is 1. The van der Waals surface area contributed by atoms with Gasteiger partial charge >= 0.3 is 5.97 Å². The maximum Gasteiger partial charge on any atom is 0.313 e. The van der Waals surface area contributed by atoms with Crippen molar-refractivity contribution in [1.82, 2.24) is 0 Å². The largest absolute Gasteiger partial charge is 0.456 e. The molecule has 33 heavy (non-hydrogen) atoms. The predicted molar refractivity (Wildman–Crippen MR) is 131 cm³/mol. The minimum Gasteiger partial charge on any atom is -0.456 e. The maximum atomic E-state index is 13.6. The molecule has 2 unspecified atom stereocenters. The molecule has 2 bridgehead atoms. The number of thiophene rings is 1. The third-order valence-corrected chi connectivity index (χ3v) is 9.28. The quantitative estimate of drug-likeness (QED) is 0.279. The lowest BCUT2D eigenvalue weighted by atomic mass is 9.80. The first kappa shape index (κ1) is 22.8. The normalized spacial score (nSPS) is 28.4. The molecule has 1 aromatic carbocycles. The molecule has 1 aromatic heterocycles. The van der Waals surface area contributed by atoms with Crippen LogP contribution in [0, 0.1) is 11.8 Å². The molecule has 0 radical (unpaired) electrons. The number of hydrogen-bond acceptors (Lipinski definition) is 4. The van der Waals surface area contributed by atoms with E-state index in [0.717, 1.165) is 53.8 Å². The molecule has 5 heteroatoms. The first-order valence-electron chi connectivity index (χ1n) is 12.8. The number of carbonyl (C=O) groups is 2. The van der Waals surface area contributed by atoms with E-state index in [2.05, 4.69) is 12.1 Å². The third kappa shape index (κ3) is 5.25. The van der Waals surface area contributed by atoms with Crippen LogP contribution in [0.15, 0.2) is 47.8 Å². The number of rotatable bonds is 8. The Kier molecular flexibility index (Phi) is 6.98. The van der Waals surface area contributed by atoms with Gasteiger partial charge in [0.25, 0.3) is 0 Å². The Hall–Kier alpha value is -1.98. The number of quaternary nitrogens is 1. The summed E-state index contributed by atoms with van der Waals surface area (Å²) in [6.07, 6.45) is 9.29. The zero-order valence-electron chi connectivity index (χ0n) is 19.5. The number of esters is 1. The van der Waals surface area contributed by atoms with Crippen LogP contribution in [0.25, 0.3) is 0 Å². The van der Waals surface area contributed by atoms with Crippen molar-refractivity contribution in [2.75, 3.05) is 26.2 Å². The molecule has 0 spiro atoms. The van der Waals surface area contributed by atoms with Gasteiger partial charge in [-0.25, -0.2) is 0 Å². The van der Waals surface area contributed by atoms with Crippen molar-refractivity contribution in [2.24, 2.45) is 11.8 Å². The lowest BCUT2D eigenvalue weighted by molar-refractivity contribution is -0.938. The number of Topliss-reactive ketones (excluding diaryl/α,β-unsaturated/α-hetero) is 1. The molecule has 4 aliphatic rings. The molecule has 2 aromatic rings. The van der Waals surface area contributed by atoms with Gasteiger partial charge in [0, 0.05) is 18.8 Å². The Bertz CT molecular complexity index is 927. The zero-order chi connectivity index (χ0) is 22.7. The zero-order valence-corrected chi connectivity index (χ0v) is 20.3. The van der Waals surface area contributed by atoms with E-state index in [0.29, 0.717) is 18.4 Å². The Labute approximate surface area is 201 Å². The molecule has 3 saturated heterocycles. The monoisotopic (exact) mass is 466 g/mol. The molecular formula is C28H36NO3S+. The molecule has 1 saturated carbocycles. The van der Waals surface area contributed by atoms with Gasteiger partial charge in [0.05, 0.1) is 23.9 Å². The van der Waals surface area contributed by atoms with Gasteiger partial charge in [0.2, 0.25) is 5.78 Å². The summed E-state index contributed by atoms with van der Waals surface area (Å²) in [7, 11) is 0. The number of hydrogen-bond donors (Lipinski definition) is 0. The molecule has 1 aliphatic carbocycles. The Morgan fingerprint density at radius 3 is 2.42 bits per heavy atom. The van der Waals surface area contributed by atoms with Gasteiger partial charge in [-0.1, -0.05) is 68.5 Å². The fourth-order valence-corrected chi connectivity index (χ4v) is 7.09. The highest BCUT2D eigenvalue weighted by molar-refractivity contribution is 7.12. The van der Waals surface area contributed by atoms with Crippen LogP contribution < -0.4 is 0 Å². The average Bonchev–Trinajstić information content (AvgIpc) is 3.40. The van der Waals surface area contributed by atoms with Crippen molar-refractivity contribution in [2.45, 2.75) is 63.4 Å². The van der Waals surface area contributed by atoms with Crippen molar-refractivity contribution in [1.29, 1.82) is 0 Å². The highest BCUT2D eigenvalue weighted by atomic mass is 32.1. The van der Waals surface area contributed by atoms with E-state index in [4.69, 9.17) is 4.74 Å². The van der Waals surface area contributed by atoms with Crippen LogP contribution in [-0.4, -0.2) is 48.5 Å². The highest BCUT2D eigenvalue weighted by Crippen LogP contribution is 2.38. The summed E-state index contributed by atoms with van der Waals surface area (Å²) < 4.78 is 7.10. The topological polar surface area (TPSA) is 43.4 Å². The van der Waals surface area contributed by atoms with Crippen LogP contribution in [0.1, 0.15) is 72.5 Å². The van der Waals surface area contributed by atoms with E-state index in [-0.39, 0.29) is 23.8 Å². The van der Waals surface area contributed by atoms with Crippen LogP contribution in [0.4, 0.5) is 0 Å². The maximum absolute atomic E-state index is 13.6. The Balaban J connectivity index is 1.28. The van der Waals surface area contributed by atoms with Crippen molar-refractivity contribution in [3.63, 3.8) is 0 Å². The second kappa shape index (κ2) is 10.1. The number of ether oxygens (including phenoxy) is 1. The number of ketones is 1. The molecule has 4 fully saturated rings. The highest BCUT2D eigenvalue weighted by Gasteiger charge is 2.49. The van der Waals surface area contributed by atoms with Gasteiger partial charge in [-0.05, 0) is 29.3 Å². The number of fused-ring (bicyclic) bond motifs is 3. The summed E-state index contributed by atoms with van der Waals surface area (Å²) >= 11 is 1.53. The molecule has 0 amide bonds. The lowest BCUT2D eigenvalue weighted by Gasteiger charge is -2.51. The molecule has 3 aliphatic heterocycles. The van der Waals surface area contributed by atoms with E-state index in [1.807, 2.05) is 35.7 Å². The SMILES string of the molecule is O=C(C[N+]12CCC(CC1)C(OC(=O)C(CC1CCCCC1)c1ccccc1)C2)c1cccs1. The number of piperidine rings is 3. The van der Waals surface area contributed by atoms with Crippen molar-refractivity contribution in [3.8, 4) is 0 Å². The fraction of sp³-hybridized carbons (Fsp3) is 0.571. The summed E-state index contributed by atoms with van der Waals surface area (Å²) in [6.45, 7) is 3.38. The second-order valence-corrected chi connectivity index (χ2v) is 11.5. The van der Waals surface area contributed by atoms with E-state index in [1.165, 1.54) is 43.4 Å². The van der Waals surface area contributed by atoms with Gasteiger partial charge in [-0.3, -0.25) is 9.59 Å². The van der Waals surface area contributed by atoms with E-state index in [9.17, 15) is 9.59 Å². The van der Waals surface area contributed by atoms with Gasteiger partial charge in [-0.2, -0.15) is 0 Å². The molecule has 2 atom stereocenters. The van der Waals surface area contributed by atoms with Gasteiger partial charge in [-0.15, -0.1) is 11.3 Å². The minimum atomic E-state index is -0.175. The minimum absolute atomic E-state index is 0.0479. The van der Waals surface area contributed by atoms with Crippen LogP contribution in [0.5, 0.6) is 0 Å². The summed E-state index contributed by atoms with van der Waals surface area (Å²) in [4.78, 5) is 27.3. The summed E-state index contributed by atoms with van der Waals surface area (Å²) in [6, 6.07) is 14.1. The van der Waals surface area contributed by atoms with Gasteiger partial charge in [0.1, 0.15) is 13.1 Å². The third-order valence-electron chi connectivity index (χ3n) is 8.36. The molecular weight excluding hydrogens is 430 g/mol. The van der Waals surface area contributed by atoms with Crippen molar-refractivity contribution in [3.05, 3.63) is 58.3 Å². The second-order valence-electron chi connectivity index (χ2n) is 10.5. The lowest BCUT2D eigenvalue weighted by Crippen LogP contribution is -2.65. The summed E-state index contributed by atoms with van der Waals surface area (Å²) in [5, 5.41) is 1.97. The van der Waals surface area contributed by atoms with Crippen LogP contribution in [0.2, 0.25) is 0 Å². The molecule has 6 rings (SSSR count). The van der Waals surface area contributed by atoms with E-state index in [1.54, 1.807) is 0 Å². The van der Waals surface area contributed by atoms with Crippen molar-refractivity contribution < 1.29 is 18.8 Å². The standard InChI is InChI=1S/C28H36NO3S/c30-25(27-12-7-17-33-27)19-29-15-13-23(14-16-29)26(20-29)32-28(31)24(22-10-5-2-6-11-22)18-21-8-3-1-4-9-21/h2,5-7,10-12,17,21,23-24,26H,1,3-4,8-9,13-16,18-20H2/q+1. The van der Waals surface area contributed by atoms with Crippen LogP contribution in [-0.2, 0) is 9.53 Å². The summed E-state index contributed by atoms with van der Waals surface area (Å²) in [5.74, 6) is 1.07. The van der Waals surface area contributed by atoms with E-state index >= 15 is 0 Å². The smallest absolute Gasteiger partial charge is 0.313 e. The van der Waals surface area contributed by atoms with E-state index < -0.39 is 0 Å². The molecule has 4 nitrogen and oxygen atoms in total. The fourth-order valence-electron chi connectivity index (χ4n) is 6.44. The molecule has 0 N–H and O–H groups in total.